The van der Waals surface area contributed by atoms with Crippen molar-refractivity contribution in [1.82, 2.24) is 20.4 Å². The van der Waals surface area contributed by atoms with Gasteiger partial charge in [0.1, 0.15) is 0 Å². The van der Waals surface area contributed by atoms with Crippen LogP contribution in [-0.2, 0) is 11.3 Å². The maximum atomic E-state index is 5.58. The average molecular weight is 451 g/mol. The fourth-order valence-corrected chi connectivity index (χ4v) is 2.31. The van der Waals surface area contributed by atoms with Gasteiger partial charge < -0.3 is 15.4 Å². The Morgan fingerprint density at radius 3 is 2.54 bits per heavy atom. The molecule has 1 rings (SSSR count). The Labute approximate surface area is 163 Å². The largest absolute Gasteiger partial charge is 0.379 e. The van der Waals surface area contributed by atoms with E-state index in [0.29, 0.717) is 5.92 Å². The number of hydrogen-bond acceptors (Lipinski definition) is 3. The normalized spacial score (nSPS) is 14.7. The van der Waals surface area contributed by atoms with Crippen molar-refractivity contribution in [2.24, 2.45) is 16.3 Å². The minimum atomic E-state index is 0. The van der Waals surface area contributed by atoms with Crippen molar-refractivity contribution < 1.29 is 4.74 Å². The van der Waals surface area contributed by atoms with Crippen LogP contribution >= 0.6 is 24.0 Å². The lowest BCUT2D eigenvalue weighted by molar-refractivity contribution is 0.0205. The van der Waals surface area contributed by atoms with Gasteiger partial charge in [0.05, 0.1) is 6.10 Å². The van der Waals surface area contributed by atoms with Crippen LogP contribution in [0, 0.1) is 11.3 Å². The SMILES string of the molecule is CCNC(=NCC(C)Cn1cccn1)NCC(OC)C(C)(C)C.I. The van der Waals surface area contributed by atoms with Crippen molar-refractivity contribution in [2.45, 2.75) is 47.3 Å². The number of rotatable bonds is 8. The van der Waals surface area contributed by atoms with Gasteiger partial charge in [0.15, 0.2) is 5.96 Å². The molecule has 24 heavy (non-hydrogen) atoms. The van der Waals surface area contributed by atoms with Crippen LogP contribution in [-0.4, -0.2) is 48.6 Å². The first kappa shape index (κ1) is 23.2. The number of halogens is 1. The van der Waals surface area contributed by atoms with Crippen LogP contribution in [0.2, 0.25) is 0 Å². The predicted octanol–water partition coefficient (Wildman–Crippen LogP) is 2.75. The second-order valence-corrected chi connectivity index (χ2v) is 7.02. The summed E-state index contributed by atoms with van der Waals surface area (Å²) >= 11 is 0. The molecule has 2 unspecified atom stereocenters. The summed E-state index contributed by atoms with van der Waals surface area (Å²) in [7, 11) is 1.76. The molecular weight excluding hydrogens is 417 g/mol. The van der Waals surface area contributed by atoms with E-state index >= 15 is 0 Å². The molecule has 0 radical (unpaired) electrons. The molecule has 0 fully saturated rings. The third kappa shape index (κ3) is 8.86. The van der Waals surface area contributed by atoms with Crippen LogP contribution < -0.4 is 10.6 Å². The van der Waals surface area contributed by atoms with Crippen LogP contribution in [0.1, 0.15) is 34.6 Å². The Kier molecular flexibility index (Phi) is 11.3. The lowest BCUT2D eigenvalue weighted by Crippen LogP contribution is -2.45. The summed E-state index contributed by atoms with van der Waals surface area (Å²) in [6.07, 6.45) is 3.92. The Bertz CT molecular complexity index is 456. The molecule has 140 valence electrons. The van der Waals surface area contributed by atoms with E-state index in [2.05, 4.69) is 55.3 Å². The number of aromatic nitrogens is 2. The molecule has 0 aromatic carbocycles. The summed E-state index contributed by atoms with van der Waals surface area (Å²) in [5.41, 5.74) is 0.0897. The van der Waals surface area contributed by atoms with E-state index in [1.165, 1.54) is 0 Å². The summed E-state index contributed by atoms with van der Waals surface area (Å²) in [5, 5.41) is 10.9. The summed E-state index contributed by atoms with van der Waals surface area (Å²) in [6.45, 7) is 14.0. The van der Waals surface area contributed by atoms with E-state index < -0.39 is 0 Å². The van der Waals surface area contributed by atoms with Crippen molar-refractivity contribution >= 4 is 29.9 Å². The van der Waals surface area contributed by atoms with Crippen molar-refractivity contribution in [3.8, 4) is 0 Å². The quantitative estimate of drug-likeness (QED) is 0.363. The van der Waals surface area contributed by atoms with Gasteiger partial charge in [-0.05, 0) is 24.3 Å². The van der Waals surface area contributed by atoms with E-state index in [9.17, 15) is 0 Å². The second-order valence-electron chi connectivity index (χ2n) is 7.02. The number of nitrogens with one attached hydrogen (secondary N) is 2. The van der Waals surface area contributed by atoms with E-state index in [4.69, 9.17) is 4.74 Å². The number of hydrogen-bond donors (Lipinski definition) is 2. The first-order valence-corrected chi connectivity index (χ1v) is 8.39. The van der Waals surface area contributed by atoms with Gasteiger partial charge in [0.2, 0.25) is 0 Å². The fraction of sp³-hybridized carbons (Fsp3) is 0.765. The van der Waals surface area contributed by atoms with Crippen LogP contribution in [0.25, 0.3) is 0 Å². The van der Waals surface area contributed by atoms with Crippen molar-refractivity contribution in [3.63, 3.8) is 0 Å². The van der Waals surface area contributed by atoms with Crippen molar-refractivity contribution in [3.05, 3.63) is 18.5 Å². The monoisotopic (exact) mass is 451 g/mol. The Morgan fingerprint density at radius 2 is 2.04 bits per heavy atom. The van der Waals surface area contributed by atoms with Gasteiger partial charge in [-0.15, -0.1) is 24.0 Å². The van der Waals surface area contributed by atoms with Gasteiger partial charge in [0.25, 0.3) is 0 Å². The molecule has 0 saturated carbocycles. The van der Waals surface area contributed by atoms with Gasteiger partial charge in [0, 0.05) is 45.7 Å². The molecule has 6 nitrogen and oxygen atoms in total. The van der Waals surface area contributed by atoms with Crippen molar-refractivity contribution in [1.29, 1.82) is 0 Å². The zero-order chi connectivity index (χ0) is 17.3. The maximum absolute atomic E-state index is 5.58. The zero-order valence-corrected chi connectivity index (χ0v) is 18.2. The number of aliphatic imine (C=N–C) groups is 1. The van der Waals surface area contributed by atoms with Crippen molar-refractivity contribution in [2.75, 3.05) is 26.7 Å². The molecule has 0 amide bonds. The third-order valence-electron chi connectivity index (χ3n) is 3.67. The molecule has 1 heterocycles. The molecule has 0 saturated heterocycles. The molecule has 0 aliphatic rings. The molecular formula is C17H34IN5O. The number of methoxy groups -OCH3 is 1. The standard InChI is InChI=1S/C17H33N5O.HI/c1-7-18-16(20-12-15(23-6)17(3,4)5)19-11-14(2)13-22-10-8-9-21-22;/h8-10,14-15H,7,11-13H2,1-6H3,(H2,18,19,20);1H. The molecule has 7 heteroatoms. The van der Waals surface area contributed by atoms with Gasteiger partial charge in [-0.3, -0.25) is 9.67 Å². The van der Waals surface area contributed by atoms with Gasteiger partial charge in [-0.2, -0.15) is 5.10 Å². The third-order valence-corrected chi connectivity index (χ3v) is 3.67. The van der Waals surface area contributed by atoms with E-state index in [1.54, 1.807) is 13.3 Å². The topological polar surface area (TPSA) is 63.5 Å². The van der Waals surface area contributed by atoms with Crippen LogP contribution in [0.15, 0.2) is 23.5 Å². The lowest BCUT2D eigenvalue weighted by Gasteiger charge is -2.30. The Morgan fingerprint density at radius 1 is 1.33 bits per heavy atom. The maximum Gasteiger partial charge on any atom is 0.191 e. The van der Waals surface area contributed by atoms with Gasteiger partial charge in [-0.1, -0.05) is 27.7 Å². The highest BCUT2D eigenvalue weighted by molar-refractivity contribution is 14.0. The highest BCUT2D eigenvalue weighted by Crippen LogP contribution is 2.20. The number of guanidine groups is 1. The summed E-state index contributed by atoms with van der Waals surface area (Å²) < 4.78 is 7.53. The molecule has 1 aromatic rings. The van der Waals surface area contributed by atoms with Gasteiger partial charge >= 0.3 is 0 Å². The zero-order valence-electron chi connectivity index (χ0n) is 15.9. The molecule has 2 atom stereocenters. The van der Waals surface area contributed by atoms with E-state index in [0.717, 1.165) is 32.1 Å². The van der Waals surface area contributed by atoms with Crippen LogP contribution in [0.5, 0.6) is 0 Å². The number of ether oxygens (including phenoxy) is 1. The highest BCUT2D eigenvalue weighted by atomic mass is 127. The summed E-state index contributed by atoms with van der Waals surface area (Å²) in [5.74, 6) is 1.26. The second kappa shape index (κ2) is 11.7. The van der Waals surface area contributed by atoms with Crippen LogP contribution in [0.4, 0.5) is 0 Å². The smallest absolute Gasteiger partial charge is 0.191 e. The minimum absolute atomic E-state index is 0. The average Bonchev–Trinajstić information content (AvgIpc) is 2.96. The molecule has 2 N–H and O–H groups in total. The minimum Gasteiger partial charge on any atom is -0.379 e. The highest BCUT2D eigenvalue weighted by Gasteiger charge is 2.24. The van der Waals surface area contributed by atoms with Crippen LogP contribution in [0.3, 0.4) is 0 Å². The Balaban J connectivity index is 0.00000529. The van der Waals surface area contributed by atoms with E-state index in [1.807, 2.05) is 16.9 Å². The fourth-order valence-electron chi connectivity index (χ4n) is 2.31. The first-order chi connectivity index (χ1) is 10.9. The molecule has 0 bridgehead atoms. The summed E-state index contributed by atoms with van der Waals surface area (Å²) in [4.78, 5) is 4.68. The molecule has 1 aromatic heterocycles. The molecule has 0 spiro atoms. The lowest BCUT2D eigenvalue weighted by atomic mass is 9.89. The predicted molar refractivity (Wildman–Crippen MR) is 111 cm³/mol. The molecule has 0 aliphatic heterocycles. The summed E-state index contributed by atoms with van der Waals surface area (Å²) in [6, 6.07) is 1.94. The Hall–Kier alpha value is -0.830. The number of nitrogens with zero attached hydrogens (tertiary/aromatic N) is 3. The van der Waals surface area contributed by atoms with Gasteiger partial charge in [-0.25, -0.2) is 0 Å². The first-order valence-electron chi connectivity index (χ1n) is 8.39. The van der Waals surface area contributed by atoms with E-state index in [-0.39, 0.29) is 35.5 Å². The molecule has 0 aliphatic carbocycles.